The van der Waals surface area contributed by atoms with Crippen molar-refractivity contribution >= 4 is 11.7 Å². The standard InChI is InChI=1S/C20H29N5O/c1-15-7-8-16(14-21-15)17-13-18(24-23-17)22-19(26)20(2,3)9-12-25-10-5-4-6-11-25/h7-8,13-14H,4-6,9-12H2,1-3H3,(H2,22,23,24,26). The van der Waals surface area contributed by atoms with Gasteiger partial charge >= 0.3 is 0 Å². The maximum absolute atomic E-state index is 12.7. The quantitative estimate of drug-likeness (QED) is 0.830. The Morgan fingerprint density at radius 2 is 2.04 bits per heavy atom. The van der Waals surface area contributed by atoms with Crippen LogP contribution < -0.4 is 5.32 Å². The van der Waals surface area contributed by atoms with Crippen LogP contribution in [-0.2, 0) is 4.79 Å². The molecule has 0 unspecified atom stereocenters. The van der Waals surface area contributed by atoms with E-state index in [0.29, 0.717) is 5.82 Å². The molecule has 140 valence electrons. The number of anilines is 1. The summed E-state index contributed by atoms with van der Waals surface area (Å²) in [5.41, 5.74) is 2.34. The molecule has 1 fully saturated rings. The van der Waals surface area contributed by atoms with E-state index in [1.165, 1.54) is 19.3 Å². The number of hydrogen-bond donors (Lipinski definition) is 2. The predicted octanol–water partition coefficient (Wildman–Crippen LogP) is 3.62. The van der Waals surface area contributed by atoms with E-state index < -0.39 is 5.41 Å². The SMILES string of the molecule is Cc1ccc(-c2cc(NC(=O)C(C)(C)CCN3CCCCC3)n[nH]2)cn1. The fourth-order valence-electron chi connectivity index (χ4n) is 3.18. The fourth-order valence-corrected chi connectivity index (χ4v) is 3.18. The van der Waals surface area contributed by atoms with Crippen LogP contribution in [0.25, 0.3) is 11.3 Å². The summed E-state index contributed by atoms with van der Waals surface area (Å²) in [6.07, 6.45) is 6.53. The first-order valence-corrected chi connectivity index (χ1v) is 9.46. The lowest BCUT2D eigenvalue weighted by Crippen LogP contribution is -2.37. The molecular formula is C20H29N5O. The number of nitrogens with one attached hydrogen (secondary N) is 2. The second kappa shape index (κ2) is 7.99. The highest BCUT2D eigenvalue weighted by molar-refractivity contribution is 5.94. The number of nitrogens with zero attached hydrogens (tertiary/aromatic N) is 3. The highest BCUT2D eigenvalue weighted by Crippen LogP contribution is 2.25. The Hall–Kier alpha value is -2.21. The summed E-state index contributed by atoms with van der Waals surface area (Å²) in [7, 11) is 0. The largest absolute Gasteiger partial charge is 0.309 e. The summed E-state index contributed by atoms with van der Waals surface area (Å²) in [5, 5.41) is 10.1. The van der Waals surface area contributed by atoms with Gasteiger partial charge in [0.1, 0.15) is 0 Å². The molecule has 0 aromatic carbocycles. The van der Waals surface area contributed by atoms with Crippen molar-refractivity contribution in [2.24, 2.45) is 5.41 Å². The molecule has 2 aromatic rings. The molecule has 1 aliphatic rings. The Labute approximate surface area is 155 Å². The third-order valence-corrected chi connectivity index (χ3v) is 5.16. The molecule has 0 atom stereocenters. The lowest BCUT2D eigenvalue weighted by atomic mass is 9.87. The van der Waals surface area contributed by atoms with Crippen LogP contribution in [0.3, 0.4) is 0 Å². The minimum Gasteiger partial charge on any atom is -0.309 e. The smallest absolute Gasteiger partial charge is 0.231 e. The van der Waals surface area contributed by atoms with Gasteiger partial charge in [-0.2, -0.15) is 5.10 Å². The van der Waals surface area contributed by atoms with Crippen molar-refractivity contribution in [1.82, 2.24) is 20.1 Å². The Morgan fingerprint density at radius 3 is 2.73 bits per heavy atom. The fraction of sp³-hybridized carbons (Fsp3) is 0.550. The van der Waals surface area contributed by atoms with Gasteiger partial charge in [-0.05, 0) is 58.0 Å². The van der Waals surface area contributed by atoms with Gasteiger partial charge in [0.25, 0.3) is 0 Å². The summed E-state index contributed by atoms with van der Waals surface area (Å²) in [6.45, 7) is 9.25. The molecule has 0 radical (unpaired) electrons. The number of aromatic nitrogens is 3. The summed E-state index contributed by atoms with van der Waals surface area (Å²) < 4.78 is 0. The molecule has 6 heteroatoms. The number of carbonyl (C=O) groups is 1. The molecule has 1 amide bonds. The number of rotatable bonds is 6. The van der Waals surface area contributed by atoms with E-state index in [9.17, 15) is 4.79 Å². The minimum atomic E-state index is -0.429. The monoisotopic (exact) mass is 355 g/mol. The van der Waals surface area contributed by atoms with Crippen LogP contribution in [0.15, 0.2) is 24.4 Å². The van der Waals surface area contributed by atoms with Crippen molar-refractivity contribution in [3.63, 3.8) is 0 Å². The van der Waals surface area contributed by atoms with Crippen LogP contribution in [0, 0.1) is 12.3 Å². The highest BCUT2D eigenvalue weighted by Gasteiger charge is 2.29. The maximum atomic E-state index is 12.7. The summed E-state index contributed by atoms with van der Waals surface area (Å²) >= 11 is 0. The van der Waals surface area contributed by atoms with Gasteiger partial charge in [-0.25, -0.2) is 0 Å². The number of aryl methyl sites for hydroxylation is 1. The number of pyridine rings is 1. The van der Waals surface area contributed by atoms with Crippen LogP contribution in [-0.4, -0.2) is 45.6 Å². The zero-order chi connectivity index (χ0) is 18.6. The van der Waals surface area contributed by atoms with Crippen molar-refractivity contribution in [3.05, 3.63) is 30.1 Å². The Kier molecular flexibility index (Phi) is 5.71. The van der Waals surface area contributed by atoms with Gasteiger partial charge in [0, 0.05) is 28.9 Å². The van der Waals surface area contributed by atoms with Crippen molar-refractivity contribution < 1.29 is 4.79 Å². The molecular weight excluding hydrogens is 326 g/mol. The minimum absolute atomic E-state index is 0.00888. The number of hydrogen-bond acceptors (Lipinski definition) is 4. The summed E-state index contributed by atoms with van der Waals surface area (Å²) in [4.78, 5) is 19.5. The molecule has 2 aromatic heterocycles. The van der Waals surface area contributed by atoms with E-state index in [0.717, 1.165) is 43.0 Å². The average Bonchev–Trinajstić information content (AvgIpc) is 3.10. The van der Waals surface area contributed by atoms with Crippen LogP contribution in [0.2, 0.25) is 0 Å². The van der Waals surface area contributed by atoms with Crippen molar-refractivity contribution in [2.75, 3.05) is 25.0 Å². The Morgan fingerprint density at radius 1 is 1.27 bits per heavy atom. The molecule has 26 heavy (non-hydrogen) atoms. The van der Waals surface area contributed by atoms with Gasteiger partial charge < -0.3 is 10.2 Å². The second-order valence-electron chi connectivity index (χ2n) is 7.85. The molecule has 2 N–H and O–H groups in total. The van der Waals surface area contributed by atoms with Gasteiger partial charge in [0.2, 0.25) is 5.91 Å². The lowest BCUT2D eigenvalue weighted by Gasteiger charge is -2.30. The number of amides is 1. The predicted molar refractivity (Wildman–Crippen MR) is 104 cm³/mol. The molecule has 0 saturated carbocycles. The third kappa shape index (κ3) is 4.69. The summed E-state index contributed by atoms with van der Waals surface area (Å²) in [5.74, 6) is 0.561. The number of aromatic amines is 1. The molecule has 6 nitrogen and oxygen atoms in total. The molecule has 0 bridgehead atoms. The molecule has 1 aliphatic heterocycles. The molecule has 0 aliphatic carbocycles. The zero-order valence-corrected chi connectivity index (χ0v) is 16.0. The van der Waals surface area contributed by atoms with E-state index >= 15 is 0 Å². The van der Waals surface area contributed by atoms with E-state index in [1.54, 1.807) is 6.20 Å². The Bertz CT molecular complexity index is 729. The molecule has 3 heterocycles. The van der Waals surface area contributed by atoms with Crippen molar-refractivity contribution in [2.45, 2.75) is 46.5 Å². The number of piperidine rings is 1. The second-order valence-corrected chi connectivity index (χ2v) is 7.85. The van der Waals surface area contributed by atoms with E-state index in [1.807, 2.05) is 39.0 Å². The molecule has 1 saturated heterocycles. The maximum Gasteiger partial charge on any atom is 0.231 e. The molecule has 0 spiro atoms. The van der Waals surface area contributed by atoms with Gasteiger partial charge in [-0.1, -0.05) is 20.3 Å². The number of carbonyl (C=O) groups excluding carboxylic acids is 1. The number of H-pyrrole nitrogens is 1. The van der Waals surface area contributed by atoms with Crippen LogP contribution in [0.1, 0.15) is 45.2 Å². The zero-order valence-electron chi connectivity index (χ0n) is 16.0. The van der Waals surface area contributed by atoms with E-state index in [4.69, 9.17) is 0 Å². The first-order chi connectivity index (χ1) is 12.4. The Balaban J connectivity index is 1.57. The van der Waals surface area contributed by atoms with E-state index in [2.05, 4.69) is 25.4 Å². The van der Waals surface area contributed by atoms with Gasteiger partial charge in [0.05, 0.1) is 5.69 Å². The van der Waals surface area contributed by atoms with Crippen LogP contribution in [0.5, 0.6) is 0 Å². The van der Waals surface area contributed by atoms with Gasteiger partial charge in [0.15, 0.2) is 5.82 Å². The van der Waals surface area contributed by atoms with Crippen molar-refractivity contribution in [1.29, 1.82) is 0 Å². The first kappa shape index (κ1) is 18.6. The van der Waals surface area contributed by atoms with Crippen molar-refractivity contribution in [3.8, 4) is 11.3 Å². The molecule has 3 rings (SSSR count). The highest BCUT2D eigenvalue weighted by atomic mass is 16.2. The van der Waals surface area contributed by atoms with Gasteiger partial charge in [-0.15, -0.1) is 0 Å². The third-order valence-electron chi connectivity index (χ3n) is 5.16. The average molecular weight is 355 g/mol. The topological polar surface area (TPSA) is 73.9 Å². The van der Waals surface area contributed by atoms with E-state index in [-0.39, 0.29) is 5.91 Å². The van der Waals surface area contributed by atoms with Crippen LogP contribution >= 0.6 is 0 Å². The first-order valence-electron chi connectivity index (χ1n) is 9.46. The number of likely N-dealkylation sites (tertiary alicyclic amines) is 1. The van der Waals surface area contributed by atoms with Gasteiger partial charge in [-0.3, -0.25) is 14.9 Å². The lowest BCUT2D eigenvalue weighted by molar-refractivity contribution is -0.124. The van der Waals surface area contributed by atoms with Crippen LogP contribution in [0.4, 0.5) is 5.82 Å². The normalized spacial score (nSPS) is 15.8. The summed E-state index contributed by atoms with van der Waals surface area (Å²) in [6, 6.07) is 5.80.